The molecule has 0 atom stereocenters. The first-order valence-electron chi connectivity index (χ1n) is 6.86. The van der Waals surface area contributed by atoms with Gasteiger partial charge in [-0.1, -0.05) is 0 Å². The lowest BCUT2D eigenvalue weighted by atomic mass is 9.95. The lowest BCUT2D eigenvalue weighted by Crippen LogP contribution is -1.99. The minimum Gasteiger partial charge on any atom is -0.507 e. The molecule has 3 aromatic rings. The number of phenolic OH excluding ortho intramolecular Hbond substituents is 1. The van der Waals surface area contributed by atoms with Crippen LogP contribution < -0.4 is 5.63 Å². The minimum atomic E-state index is -0.412. The summed E-state index contributed by atoms with van der Waals surface area (Å²) in [6, 6.07) is 2.98. The zero-order valence-electron chi connectivity index (χ0n) is 11.2. The van der Waals surface area contributed by atoms with Gasteiger partial charge in [-0.25, -0.2) is 4.79 Å². The summed E-state index contributed by atoms with van der Waals surface area (Å²) in [6.07, 6.45) is 4.06. The third-order valence-electron chi connectivity index (χ3n) is 4.11. The first-order chi connectivity index (χ1) is 9.65. The topological polar surface area (TPSA) is 63.6 Å². The molecule has 0 fully saturated rings. The van der Waals surface area contributed by atoms with E-state index in [4.69, 9.17) is 8.83 Å². The SMILES string of the molecule is Cc1cc(=O)oc2cc(O)c3c4c(oc3c12)CCCC4. The van der Waals surface area contributed by atoms with Crippen LogP contribution in [0.3, 0.4) is 0 Å². The molecule has 4 nitrogen and oxygen atoms in total. The molecule has 0 saturated carbocycles. The predicted octanol–water partition coefficient (Wildman–Crippen LogP) is 3.43. The van der Waals surface area contributed by atoms with E-state index in [0.717, 1.165) is 53.3 Å². The van der Waals surface area contributed by atoms with Gasteiger partial charge in [0.15, 0.2) is 0 Å². The van der Waals surface area contributed by atoms with E-state index in [1.165, 1.54) is 12.1 Å². The zero-order valence-corrected chi connectivity index (χ0v) is 11.2. The van der Waals surface area contributed by atoms with Crippen LogP contribution in [-0.4, -0.2) is 5.11 Å². The van der Waals surface area contributed by atoms with Gasteiger partial charge >= 0.3 is 5.63 Å². The highest BCUT2D eigenvalue weighted by Gasteiger charge is 2.23. The number of phenols is 1. The fourth-order valence-corrected chi connectivity index (χ4v) is 3.23. The number of furan rings is 1. The van der Waals surface area contributed by atoms with Crippen molar-refractivity contribution >= 4 is 21.9 Å². The average molecular weight is 270 g/mol. The zero-order chi connectivity index (χ0) is 13.9. The summed E-state index contributed by atoms with van der Waals surface area (Å²) in [5.74, 6) is 1.09. The van der Waals surface area contributed by atoms with Gasteiger partial charge in [0.05, 0.1) is 10.8 Å². The van der Waals surface area contributed by atoms with Gasteiger partial charge < -0.3 is 13.9 Å². The van der Waals surface area contributed by atoms with Crippen molar-refractivity contribution in [3.63, 3.8) is 0 Å². The first-order valence-corrected chi connectivity index (χ1v) is 6.86. The van der Waals surface area contributed by atoms with Crippen molar-refractivity contribution in [2.24, 2.45) is 0 Å². The Morgan fingerprint density at radius 1 is 1.10 bits per heavy atom. The largest absolute Gasteiger partial charge is 0.507 e. The second-order valence-corrected chi connectivity index (χ2v) is 5.43. The Morgan fingerprint density at radius 3 is 2.75 bits per heavy atom. The van der Waals surface area contributed by atoms with E-state index in [-0.39, 0.29) is 5.75 Å². The molecule has 0 bridgehead atoms. The van der Waals surface area contributed by atoms with E-state index < -0.39 is 5.63 Å². The van der Waals surface area contributed by atoms with Gasteiger partial charge in [-0.3, -0.25) is 0 Å². The fourth-order valence-electron chi connectivity index (χ4n) is 3.23. The molecule has 0 aliphatic heterocycles. The predicted molar refractivity (Wildman–Crippen MR) is 75.3 cm³/mol. The molecule has 0 saturated heterocycles. The van der Waals surface area contributed by atoms with Crippen LogP contribution in [-0.2, 0) is 12.8 Å². The van der Waals surface area contributed by atoms with Crippen molar-refractivity contribution in [2.45, 2.75) is 32.6 Å². The number of aryl methyl sites for hydroxylation is 3. The summed E-state index contributed by atoms with van der Waals surface area (Å²) >= 11 is 0. The second kappa shape index (κ2) is 3.88. The molecule has 1 aromatic carbocycles. The Morgan fingerprint density at radius 2 is 1.90 bits per heavy atom. The molecular weight excluding hydrogens is 256 g/mol. The fraction of sp³-hybridized carbons (Fsp3) is 0.312. The van der Waals surface area contributed by atoms with E-state index in [2.05, 4.69) is 0 Å². The number of rotatable bonds is 0. The van der Waals surface area contributed by atoms with E-state index in [9.17, 15) is 9.90 Å². The number of hydrogen-bond acceptors (Lipinski definition) is 4. The van der Waals surface area contributed by atoms with E-state index >= 15 is 0 Å². The third kappa shape index (κ3) is 1.45. The van der Waals surface area contributed by atoms with Crippen LogP contribution in [0.1, 0.15) is 29.7 Å². The number of fused-ring (bicyclic) bond motifs is 5. The van der Waals surface area contributed by atoms with E-state index in [1.807, 2.05) is 6.92 Å². The van der Waals surface area contributed by atoms with Crippen molar-refractivity contribution in [3.05, 3.63) is 39.4 Å². The molecule has 1 aliphatic carbocycles. The van der Waals surface area contributed by atoms with Gasteiger partial charge in [-0.15, -0.1) is 0 Å². The minimum absolute atomic E-state index is 0.133. The molecule has 1 N–H and O–H groups in total. The Labute approximate surface area is 114 Å². The molecule has 2 heterocycles. The molecule has 2 aromatic heterocycles. The van der Waals surface area contributed by atoms with Crippen molar-refractivity contribution in [1.29, 1.82) is 0 Å². The monoisotopic (exact) mass is 270 g/mol. The van der Waals surface area contributed by atoms with Crippen LogP contribution in [0.5, 0.6) is 5.75 Å². The summed E-state index contributed by atoms with van der Waals surface area (Å²) in [6.45, 7) is 1.86. The summed E-state index contributed by atoms with van der Waals surface area (Å²) in [5.41, 5.74) is 2.54. The molecule has 0 amide bonds. The number of benzene rings is 1. The van der Waals surface area contributed by atoms with Crippen LogP contribution in [0.15, 0.2) is 25.8 Å². The Hall–Kier alpha value is -2.23. The maximum absolute atomic E-state index is 11.5. The quantitative estimate of drug-likeness (QED) is 0.636. The number of aromatic hydroxyl groups is 1. The Bertz CT molecular complexity index is 898. The van der Waals surface area contributed by atoms with Gasteiger partial charge in [0.2, 0.25) is 0 Å². The highest BCUT2D eigenvalue weighted by molar-refractivity contribution is 6.08. The molecule has 0 unspecified atom stereocenters. The third-order valence-corrected chi connectivity index (χ3v) is 4.11. The van der Waals surface area contributed by atoms with E-state index in [1.54, 1.807) is 0 Å². The molecule has 0 radical (unpaired) electrons. The number of hydrogen-bond donors (Lipinski definition) is 1. The highest BCUT2D eigenvalue weighted by atomic mass is 16.4. The van der Waals surface area contributed by atoms with Gasteiger partial charge in [0.25, 0.3) is 0 Å². The molecule has 20 heavy (non-hydrogen) atoms. The van der Waals surface area contributed by atoms with E-state index in [0.29, 0.717) is 11.2 Å². The molecule has 0 spiro atoms. The van der Waals surface area contributed by atoms with Crippen LogP contribution in [0.25, 0.3) is 21.9 Å². The van der Waals surface area contributed by atoms with Crippen LogP contribution in [0.4, 0.5) is 0 Å². The van der Waals surface area contributed by atoms with Crippen LogP contribution in [0.2, 0.25) is 0 Å². The maximum Gasteiger partial charge on any atom is 0.336 e. The van der Waals surface area contributed by atoms with Crippen molar-refractivity contribution in [2.75, 3.05) is 0 Å². The van der Waals surface area contributed by atoms with Crippen molar-refractivity contribution < 1.29 is 13.9 Å². The van der Waals surface area contributed by atoms with Gasteiger partial charge in [-0.2, -0.15) is 0 Å². The smallest absolute Gasteiger partial charge is 0.336 e. The molecular formula is C16H14O4. The molecule has 1 aliphatic rings. The standard InChI is InChI=1S/C16H14O4/c1-8-6-13(18)19-12-7-10(17)15-9-4-2-3-5-11(9)20-16(15)14(8)12/h6-7,17H,2-5H2,1H3. The van der Waals surface area contributed by atoms with Gasteiger partial charge in [-0.05, 0) is 31.7 Å². The van der Waals surface area contributed by atoms with Crippen LogP contribution in [0, 0.1) is 6.92 Å². The van der Waals surface area contributed by atoms with Crippen molar-refractivity contribution in [3.8, 4) is 5.75 Å². The summed E-state index contributed by atoms with van der Waals surface area (Å²) in [4.78, 5) is 11.5. The molecule has 4 heteroatoms. The van der Waals surface area contributed by atoms with Crippen molar-refractivity contribution in [1.82, 2.24) is 0 Å². The normalized spacial score (nSPS) is 14.8. The summed E-state index contributed by atoms with van der Waals surface area (Å²) in [7, 11) is 0. The lowest BCUT2D eigenvalue weighted by molar-refractivity contribution is 0.478. The summed E-state index contributed by atoms with van der Waals surface area (Å²) in [5, 5.41) is 11.8. The molecule has 4 rings (SSSR count). The first kappa shape index (κ1) is 11.6. The molecule has 102 valence electrons. The van der Waals surface area contributed by atoms with Gasteiger partial charge in [0.1, 0.15) is 22.7 Å². The van der Waals surface area contributed by atoms with Crippen LogP contribution >= 0.6 is 0 Å². The van der Waals surface area contributed by atoms with Gasteiger partial charge in [0, 0.05) is 24.1 Å². The average Bonchev–Trinajstić information content (AvgIpc) is 2.77. The highest BCUT2D eigenvalue weighted by Crippen LogP contribution is 2.41. The lowest BCUT2D eigenvalue weighted by Gasteiger charge is -2.09. The Kier molecular flexibility index (Phi) is 2.25. The second-order valence-electron chi connectivity index (χ2n) is 5.43. The summed E-state index contributed by atoms with van der Waals surface area (Å²) < 4.78 is 11.2. The maximum atomic E-state index is 11.5. The Balaban J connectivity index is 2.25.